The minimum atomic E-state index is -3.33. The van der Waals surface area contributed by atoms with Crippen molar-refractivity contribution in [2.45, 2.75) is 18.7 Å². The van der Waals surface area contributed by atoms with Gasteiger partial charge in [0.15, 0.2) is 0 Å². The number of hydrogen-bond donors (Lipinski definition) is 0. The van der Waals surface area contributed by atoms with Crippen molar-refractivity contribution in [2.24, 2.45) is 0 Å². The topological polar surface area (TPSA) is 37.4 Å². The molecule has 0 spiro atoms. The van der Waals surface area contributed by atoms with Gasteiger partial charge < -0.3 is 0 Å². The molecule has 0 aromatic heterocycles. The van der Waals surface area contributed by atoms with E-state index in [4.69, 9.17) is 0 Å². The molecule has 0 aliphatic carbocycles. The highest BCUT2D eigenvalue weighted by Crippen LogP contribution is 2.37. The monoisotopic (exact) mass is 223 g/mol. The Labute approximate surface area is 90.1 Å². The normalized spacial score (nSPS) is 18.0. The summed E-state index contributed by atoms with van der Waals surface area (Å²) in [7, 11) is -3.33. The average molecular weight is 223 g/mol. The maximum absolute atomic E-state index is 12.0. The van der Waals surface area contributed by atoms with Crippen molar-refractivity contribution in [2.75, 3.05) is 6.54 Å². The Kier molecular flexibility index (Phi) is 2.12. The second-order valence-corrected chi connectivity index (χ2v) is 5.45. The quantitative estimate of drug-likeness (QED) is 0.730. The lowest BCUT2D eigenvalue weighted by Crippen LogP contribution is -2.22. The molecule has 1 aromatic carbocycles. The van der Waals surface area contributed by atoms with Crippen LogP contribution in [0.2, 0.25) is 0 Å². The van der Waals surface area contributed by atoms with Gasteiger partial charge in [0.05, 0.1) is 10.6 Å². The first-order valence-electron chi connectivity index (χ1n) is 4.81. The lowest BCUT2D eigenvalue weighted by Gasteiger charge is -2.14. The predicted octanol–water partition coefficient (Wildman–Crippen LogP) is 1.99. The Morgan fingerprint density at radius 2 is 2.07 bits per heavy atom. The first-order valence-corrected chi connectivity index (χ1v) is 6.25. The fraction of sp³-hybridized carbons (Fsp3) is 0.273. The zero-order chi connectivity index (χ0) is 11.2. The van der Waals surface area contributed by atoms with Crippen molar-refractivity contribution in [1.29, 1.82) is 0 Å². The summed E-state index contributed by atoms with van der Waals surface area (Å²) in [5.74, 6) is 0. The van der Waals surface area contributed by atoms with Crippen LogP contribution >= 0.6 is 0 Å². The molecule has 0 fully saturated rings. The van der Waals surface area contributed by atoms with Gasteiger partial charge >= 0.3 is 0 Å². The predicted molar refractivity (Wildman–Crippen MR) is 59.8 cm³/mol. The van der Waals surface area contributed by atoms with E-state index in [1.165, 1.54) is 4.31 Å². The van der Waals surface area contributed by atoms with E-state index in [0.29, 0.717) is 17.1 Å². The molecular formula is C11H13NO2S. The van der Waals surface area contributed by atoms with Crippen LogP contribution in [0.4, 0.5) is 0 Å². The summed E-state index contributed by atoms with van der Waals surface area (Å²) < 4.78 is 25.3. The molecule has 2 rings (SSSR count). The van der Waals surface area contributed by atoms with E-state index in [2.05, 4.69) is 6.58 Å². The van der Waals surface area contributed by atoms with E-state index < -0.39 is 10.0 Å². The number of rotatable bonds is 1. The van der Waals surface area contributed by atoms with Crippen molar-refractivity contribution in [3.05, 3.63) is 35.9 Å². The van der Waals surface area contributed by atoms with Gasteiger partial charge in [-0.15, -0.1) is 0 Å². The second kappa shape index (κ2) is 3.10. The van der Waals surface area contributed by atoms with Crippen LogP contribution in [-0.4, -0.2) is 19.3 Å². The first kappa shape index (κ1) is 10.2. The Morgan fingerprint density at radius 3 is 2.67 bits per heavy atom. The molecule has 0 unspecified atom stereocenters. The van der Waals surface area contributed by atoms with Gasteiger partial charge in [0.1, 0.15) is 0 Å². The van der Waals surface area contributed by atoms with Crippen molar-refractivity contribution in [3.8, 4) is 0 Å². The molecule has 1 aromatic rings. The maximum Gasteiger partial charge on any atom is 0.264 e. The molecule has 0 radical (unpaired) electrons. The van der Waals surface area contributed by atoms with Gasteiger partial charge in [-0.3, -0.25) is 4.31 Å². The van der Waals surface area contributed by atoms with Gasteiger partial charge in [-0.05, 0) is 26.0 Å². The lowest BCUT2D eigenvalue weighted by atomic mass is 10.1. The Hall–Kier alpha value is -1.29. The van der Waals surface area contributed by atoms with Crippen LogP contribution in [0.3, 0.4) is 0 Å². The first-order chi connectivity index (χ1) is 6.98. The van der Waals surface area contributed by atoms with Crippen molar-refractivity contribution in [3.63, 3.8) is 0 Å². The number of nitrogens with zero attached hydrogens (tertiary/aromatic N) is 1. The SMILES string of the molecule is C=C1c2cc(C)ccc2S(=O)(=O)N1CC. The highest BCUT2D eigenvalue weighted by Gasteiger charge is 2.35. The smallest absolute Gasteiger partial charge is 0.264 e. The summed E-state index contributed by atoms with van der Waals surface area (Å²) in [5, 5.41) is 0. The average Bonchev–Trinajstić information content (AvgIpc) is 2.34. The Bertz CT molecular complexity index is 532. The number of benzene rings is 1. The molecule has 15 heavy (non-hydrogen) atoms. The number of aryl methyl sites for hydroxylation is 1. The Balaban J connectivity index is 2.74. The van der Waals surface area contributed by atoms with Crippen LogP contribution < -0.4 is 0 Å². The molecule has 1 aliphatic rings. The summed E-state index contributed by atoms with van der Waals surface area (Å²) in [4.78, 5) is 0.375. The van der Waals surface area contributed by atoms with Gasteiger partial charge in [0.25, 0.3) is 10.0 Å². The molecule has 1 aliphatic heterocycles. The molecule has 0 saturated carbocycles. The van der Waals surface area contributed by atoms with Crippen LogP contribution in [0.5, 0.6) is 0 Å². The van der Waals surface area contributed by atoms with Gasteiger partial charge in [0, 0.05) is 12.1 Å². The van der Waals surface area contributed by atoms with Crippen LogP contribution in [0, 0.1) is 6.92 Å². The van der Waals surface area contributed by atoms with Crippen LogP contribution in [0.15, 0.2) is 29.7 Å². The van der Waals surface area contributed by atoms with Gasteiger partial charge in [-0.1, -0.05) is 18.2 Å². The lowest BCUT2D eigenvalue weighted by molar-refractivity contribution is 0.532. The molecule has 0 amide bonds. The second-order valence-electron chi connectivity index (χ2n) is 3.62. The van der Waals surface area contributed by atoms with Gasteiger partial charge in [0.2, 0.25) is 0 Å². The van der Waals surface area contributed by atoms with E-state index in [1.807, 2.05) is 26.0 Å². The summed E-state index contributed by atoms with van der Waals surface area (Å²) in [6.07, 6.45) is 0. The van der Waals surface area contributed by atoms with E-state index in [-0.39, 0.29) is 0 Å². The molecule has 0 saturated heterocycles. The number of fused-ring (bicyclic) bond motifs is 1. The standard InChI is InChI=1S/C11H13NO2S/c1-4-12-9(3)10-7-8(2)5-6-11(10)15(12,13)14/h5-7H,3-4H2,1-2H3. The summed E-state index contributed by atoms with van der Waals surface area (Å²) >= 11 is 0. The van der Waals surface area contributed by atoms with Crippen molar-refractivity contribution < 1.29 is 8.42 Å². The van der Waals surface area contributed by atoms with Crippen molar-refractivity contribution in [1.82, 2.24) is 4.31 Å². The largest absolute Gasteiger partial charge is 0.267 e. The number of hydrogen-bond acceptors (Lipinski definition) is 2. The van der Waals surface area contributed by atoms with Gasteiger partial charge in [-0.2, -0.15) is 0 Å². The van der Waals surface area contributed by atoms with Crippen LogP contribution in [0.1, 0.15) is 18.1 Å². The third kappa shape index (κ3) is 1.28. The maximum atomic E-state index is 12.0. The van der Waals surface area contributed by atoms with Crippen LogP contribution in [0.25, 0.3) is 5.70 Å². The highest BCUT2D eigenvalue weighted by atomic mass is 32.2. The van der Waals surface area contributed by atoms with Gasteiger partial charge in [-0.25, -0.2) is 8.42 Å². The third-order valence-corrected chi connectivity index (χ3v) is 4.57. The molecule has 0 N–H and O–H groups in total. The zero-order valence-corrected chi connectivity index (χ0v) is 9.63. The number of sulfonamides is 1. The van der Waals surface area contributed by atoms with E-state index in [1.54, 1.807) is 6.07 Å². The van der Waals surface area contributed by atoms with E-state index in [0.717, 1.165) is 11.1 Å². The fourth-order valence-electron chi connectivity index (χ4n) is 1.85. The minimum absolute atomic E-state index is 0.375. The molecule has 0 atom stereocenters. The third-order valence-electron chi connectivity index (χ3n) is 2.60. The zero-order valence-electron chi connectivity index (χ0n) is 8.82. The Morgan fingerprint density at radius 1 is 1.40 bits per heavy atom. The van der Waals surface area contributed by atoms with E-state index >= 15 is 0 Å². The highest BCUT2D eigenvalue weighted by molar-refractivity contribution is 7.90. The van der Waals surface area contributed by atoms with Crippen LogP contribution in [-0.2, 0) is 10.0 Å². The summed E-state index contributed by atoms with van der Waals surface area (Å²) in [6.45, 7) is 8.00. The van der Waals surface area contributed by atoms with E-state index in [9.17, 15) is 8.42 Å². The summed E-state index contributed by atoms with van der Waals surface area (Å²) in [5.41, 5.74) is 2.36. The molecular weight excluding hydrogens is 210 g/mol. The molecule has 80 valence electrons. The summed E-state index contributed by atoms with van der Waals surface area (Å²) in [6, 6.07) is 5.33. The van der Waals surface area contributed by atoms with Crippen molar-refractivity contribution >= 4 is 15.7 Å². The molecule has 3 nitrogen and oxygen atoms in total. The fourth-order valence-corrected chi connectivity index (χ4v) is 3.51. The molecule has 4 heteroatoms. The minimum Gasteiger partial charge on any atom is -0.267 e. The molecule has 1 heterocycles. The molecule has 0 bridgehead atoms.